The van der Waals surface area contributed by atoms with Gasteiger partial charge < -0.3 is 73.4 Å². The number of nitrogens with one attached hydrogen (secondary N) is 1. The number of carbonyl (C=O) groups is 1. The first kappa shape index (κ1) is 40.0. The fraction of sp³-hybridized carbons (Fsp3) is 0.964. The van der Waals surface area contributed by atoms with Crippen molar-refractivity contribution in [2.24, 2.45) is 28.7 Å². The molecule has 10 atom stereocenters. The molecule has 0 radical (unpaired) electrons. The van der Waals surface area contributed by atoms with Gasteiger partial charge in [0.1, 0.15) is 6.10 Å². The van der Waals surface area contributed by atoms with E-state index in [1.807, 2.05) is 0 Å². The summed E-state index contributed by atoms with van der Waals surface area (Å²) in [5.41, 5.74) is 27.7. The van der Waals surface area contributed by atoms with Gasteiger partial charge in [-0.25, -0.2) is 0 Å². The van der Waals surface area contributed by atoms with Crippen LogP contribution in [0.4, 0.5) is 0 Å². The van der Waals surface area contributed by atoms with E-state index in [0.717, 1.165) is 26.6 Å². The molecule has 1 aliphatic carbocycles. The topological polar surface area (TPSA) is 277 Å². The SMILES string of the molecule is CO.NCC1CCCCO1.NCCCC(=O)NC1CC(N)CC(OC2C[C@H](O)C(CO)O2)C1.NC[C@H]1CC(O)[C@@H](N)CO1. The summed E-state index contributed by atoms with van der Waals surface area (Å²) in [4.78, 5) is 11.8. The summed E-state index contributed by atoms with van der Waals surface area (Å²) in [7, 11) is 1.00. The van der Waals surface area contributed by atoms with Crippen molar-refractivity contribution in [3.8, 4) is 0 Å². The Morgan fingerprint density at radius 2 is 1.65 bits per heavy atom. The molecule has 4 rings (SSSR count). The zero-order valence-electron chi connectivity index (χ0n) is 25.8. The molecule has 256 valence electrons. The average molecular weight is 625 g/mol. The Bertz CT molecular complexity index is 710. The molecule has 1 saturated carbocycles. The number of rotatable bonds is 9. The lowest BCUT2D eigenvalue weighted by Gasteiger charge is -2.34. The number of nitrogens with two attached hydrogens (primary N) is 5. The van der Waals surface area contributed by atoms with Gasteiger partial charge in [0.2, 0.25) is 5.91 Å². The molecule has 4 aliphatic rings. The predicted octanol–water partition coefficient (Wildman–Crippen LogP) is -2.88. The van der Waals surface area contributed by atoms with Gasteiger partial charge in [0.25, 0.3) is 0 Å². The third-order valence-corrected chi connectivity index (χ3v) is 7.71. The highest BCUT2D eigenvalue weighted by atomic mass is 16.7. The van der Waals surface area contributed by atoms with Crippen LogP contribution in [0, 0.1) is 0 Å². The highest BCUT2D eigenvalue weighted by molar-refractivity contribution is 5.76. The van der Waals surface area contributed by atoms with Crippen LogP contribution in [0.2, 0.25) is 0 Å². The summed E-state index contributed by atoms with van der Waals surface area (Å²) in [6, 6.07) is -0.301. The maximum Gasteiger partial charge on any atom is 0.220 e. The fourth-order valence-electron chi connectivity index (χ4n) is 5.29. The average Bonchev–Trinajstić information content (AvgIpc) is 3.37. The Morgan fingerprint density at radius 3 is 2.19 bits per heavy atom. The van der Waals surface area contributed by atoms with Crippen molar-refractivity contribution >= 4 is 5.91 Å². The van der Waals surface area contributed by atoms with Gasteiger partial charge in [0.05, 0.1) is 49.8 Å². The third-order valence-electron chi connectivity index (χ3n) is 7.71. The van der Waals surface area contributed by atoms with Crippen LogP contribution in [0.3, 0.4) is 0 Å². The standard InChI is InChI=1S/C15H29N3O5.C6H14N2O2.C6H13NO.CH4O/c16-3-1-2-14(21)18-10-4-9(17)5-11(6-10)22-15-7-12(20)13(8-19)23-15;7-2-4-1-6(9)5(8)3-10-4;7-5-6-3-1-2-4-8-6;1-2/h9-13,15,19-20H,1-8,16-17H2,(H,18,21);4-6,9H,1-3,7-8H2;6H,1-5,7H2;2H,1H3/t9?,10?,11?,12-,13?,15?;4-,5+,6?;;/m01../s1. The van der Waals surface area contributed by atoms with E-state index in [-0.39, 0.29) is 42.8 Å². The summed E-state index contributed by atoms with van der Waals surface area (Å²) >= 11 is 0. The van der Waals surface area contributed by atoms with E-state index < -0.39 is 24.6 Å². The van der Waals surface area contributed by atoms with Gasteiger partial charge >= 0.3 is 0 Å². The van der Waals surface area contributed by atoms with Crippen LogP contribution >= 0.6 is 0 Å². The number of aliphatic hydroxyl groups excluding tert-OH is 4. The van der Waals surface area contributed by atoms with Crippen molar-refractivity contribution in [2.75, 3.05) is 46.6 Å². The Hall–Kier alpha value is -1.05. The normalized spacial score (nSPS) is 35.7. The number of ether oxygens (including phenoxy) is 4. The molecule has 43 heavy (non-hydrogen) atoms. The lowest BCUT2D eigenvalue weighted by molar-refractivity contribution is -0.176. The van der Waals surface area contributed by atoms with Gasteiger partial charge in [-0.05, 0) is 51.5 Å². The molecule has 3 heterocycles. The molecule has 0 aromatic carbocycles. The highest BCUT2D eigenvalue weighted by Gasteiger charge is 2.37. The molecule has 15 N–H and O–H groups in total. The van der Waals surface area contributed by atoms with Crippen LogP contribution in [0.15, 0.2) is 0 Å². The first-order valence-electron chi connectivity index (χ1n) is 15.5. The van der Waals surface area contributed by atoms with Crippen LogP contribution < -0.4 is 34.0 Å². The van der Waals surface area contributed by atoms with Gasteiger partial charge in [-0.2, -0.15) is 0 Å². The number of carbonyl (C=O) groups excluding carboxylic acids is 1. The smallest absolute Gasteiger partial charge is 0.220 e. The molecule has 7 unspecified atom stereocenters. The van der Waals surface area contributed by atoms with Crippen molar-refractivity contribution in [1.82, 2.24) is 5.32 Å². The fourth-order valence-corrected chi connectivity index (χ4v) is 5.29. The number of amides is 1. The van der Waals surface area contributed by atoms with Gasteiger partial charge in [0.15, 0.2) is 6.29 Å². The summed E-state index contributed by atoms with van der Waals surface area (Å²) in [6.07, 6.45) is 5.69. The van der Waals surface area contributed by atoms with E-state index >= 15 is 0 Å². The predicted molar refractivity (Wildman–Crippen MR) is 161 cm³/mol. The van der Waals surface area contributed by atoms with E-state index in [1.165, 1.54) is 12.8 Å². The third kappa shape index (κ3) is 16.2. The number of aliphatic hydroxyl groups is 4. The molecule has 1 amide bonds. The van der Waals surface area contributed by atoms with Crippen molar-refractivity contribution in [2.45, 2.75) is 125 Å². The van der Waals surface area contributed by atoms with E-state index in [9.17, 15) is 15.0 Å². The quantitative estimate of drug-likeness (QED) is 0.123. The molecule has 0 aromatic heterocycles. The van der Waals surface area contributed by atoms with Gasteiger partial charge in [-0.15, -0.1) is 0 Å². The van der Waals surface area contributed by atoms with E-state index in [1.54, 1.807) is 0 Å². The second-order valence-electron chi connectivity index (χ2n) is 11.4. The maximum absolute atomic E-state index is 11.8. The Kier molecular flexibility index (Phi) is 21.7. The Labute approximate surface area is 256 Å². The largest absolute Gasteiger partial charge is 0.400 e. The number of hydrogen-bond acceptors (Lipinski definition) is 14. The zero-order chi connectivity index (χ0) is 32.2. The van der Waals surface area contributed by atoms with Crippen molar-refractivity contribution in [3.63, 3.8) is 0 Å². The minimum absolute atomic E-state index is 0.00481. The van der Waals surface area contributed by atoms with Crippen LogP contribution in [-0.2, 0) is 23.7 Å². The van der Waals surface area contributed by atoms with Crippen molar-refractivity contribution < 1.29 is 44.2 Å². The molecule has 0 aromatic rings. The highest BCUT2D eigenvalue weighted by Crippen LogP contribution is 2.27. The molecule has 0 spiro atoms. The van der Waals surface area contributed by atoms with E-state index in [0.29, 0.717) is 70.9 Å². The second kappa shape index (κ2) is 23.3. The molecule has 15 nitrogen and oxygen atoms in total. The minimum Gasteiger partial charge on any atom is -0.400 e. The summed E-state index contributed by atoms with van der Waals surface area (Å²) < 4.78 is 21.8. The second-order valence-corrected chi connectivity index (χ2v) is 11.4. The molecule has 3 saturated heterocycles. The van der Waals surface area contributed by atoms with Crippen LogP contribution in [-0.4, -0.2) is 134 Å². The molecule has 0 bridgehead atoms. The van der Waals surface area contributed by atoms with Gasteiger partial charge in [-0.1, -0.05) is 0 Å². The number of hydrogen-bond donors (Lipinski definition) is 10. The van der Waals surface area contributed by atoms with Gasteiger partial charge in [-0.3, -0.25) is 4.79 Å². The van der Waals surface area contributed by atoms with Crippen molar-refractivity contribution in [3.05, 3.63) is 0 Å². The van der Waals surface area contributed by atoms with Crippen molar-refractivity contribution in [1.29, 1.82) is 0 Å². The summed E-state index contributed by atoms with van der Waals surface area (Å²) in [6.45, 7) is 2.76. The molecule has 3 aliphatic heterocycles. The van der Waals surface area contributed by atoms with Gasteiger partial charge in [0, 0.05) is 58.2 Å². The Balaban J connectivity index is 0.000000378. The maximum atomic E-state index is 11.8. The van der Waals surface area contributed by atoms with Crippen LogP contribution in [0.1, 0.15) is 64.2 Å². The summed E-state index contributed by atoms with van der Waals surface area (Å²) in [5.74, 6) is -0.0128. The first-order chi connectivity index (χ1) is 20.7. The monoisotopic (exact) mass is 624 g/mol. The minimum atomic E-state index is -0.714. The van der Waals surface area contributed by atoms with Crippen LogP contribution in [0.25, 0.3) is 0 Å². The van der Waals surface area contributed by atoms with E-state index in [2.05, 4.69) is 5.32 Å². The molecule has 4 fully saturated rings. The van der Waals surface area contributed by atoms with Crippen LogP contribution in [0.5, 0.6) is 0 Å². The molecular weight excluding hydrogens is 564 g/mol. The van der Waals surface area contributed by atoms with E-state index in [4.69, 9.17) is 57.8 Å². The molecule has 15 heteroatoms. The lowest BCUT2D eigenvalue weighted by Crippen LogP contribution is -2.48. The first-order valence-corrected chi connectivity index (χ1v) is 15.5. The summed E-state index contributed by atoms with van der Waals surface area (Å²) in [5, 5.41) is 38.0. The zero-order valence-corrected chi connectivity index (χ0v) is 25.8. The Morgan fingerprint density at radius 1 is 0.930 bits per heavy atom. The lowest BCUT2D eigenvalue weighted by atomic mass is 9.89. The molecular formula is C28H60N6O9.